The predicted molar refractivity (Wildman–Crippen MR) is 131 cm³/mol. The van der Waals surface area contributed by atoms with E-state index in [1.807, 2.05) is 13.0 Å². The average Bonchev–Trinajstić information content (AvgIpc) is 3.22. The number of alkyl halides is 2. The van der Waals surface area contributed by atoms with Gasteiger partial charge in [-0.05, 0) is 56.9 Å². The van der Waals surface area contributed by atoms with E-state index in [1.165, 1.54) is 6.20 Å². The lowest BCUT2D eigenvalue weighted by Crippen LogP contribution is -2.54. The van der Waals surface area contributed by atoms with E-state index in [-0.39, 0.29) is 21.1 Å². The Kier molecular flexibility index (Phi) is 5.41. The standard InChI is InChI=1S/C23H25F2N7O3S2/c1-21(33)11-22(12-21)4-6-31(7-5-22)15-8-14(37(34,35)30-23(13-26)2-3-23)10-32-16(15)9-27-18(32)20-29-28-19(36-20)17(24)25/h8-10,17,30,33H,2-7,11-12H2,1H3. The molecule has 3 aromatic rings. The van der Waals surface area contributed by atoms with Crippen LogP contribution in [0, 0.1) is 16.7 Å². The van der Waals surface area contributed by atoms with Crippen LogP contribution >= 0.6 is 11.3 Å². The van der Waals surface area contributed by atoms with Crippen LogP contribution in [-0.2, 0) is 10.0 Å². The molecule has 2 aliphatic carbocycles. The molecule has 4 heterocycles. The number of fused-ring (bicyclic) bond motifs is 1. The lowest BCUT2D eigenvalue weighted by Gasteiger charge is -2.55. The molecule has 0 amide bonds. The number of pyridine rings is 1. The van der Waals surface area contributed by atoms with E-state index in [9.17, 15) is 27.6 Å². The van der Waals surface area contributed by atoms with E-state index in [0.717, 1.165) is 25.7 Å². The first kappa shape index (κ1) is 24.6. The minimum atomic E-state index is -4.07. The van der Waals surface area contributed by atoms with Crippen molar-refractivity contribution in [2.75, 3.05) is 18.0 Å². The molecule has 6 rings (SSSR count). The second-order valence-corrected chi connectivity index (χ2v) is 13.5. The van der Waals surface area contributed by atoms with E-state index in [4.69, 9.17) is 0 Å². The van der Waals surface area contributed by atoms with Crippen LogP contribution in [0.3, 0.4) is 0 Å². The van der Waals surface area contributed by atoms with Crippen molar-refractivity contribution in [3.8, 4) is 16.9 Å². The molecule has 0 radical (unpaired) electrons. The van der Waals surface area contributed by atoms with E-state index >= 15 is 0 Å². The van der Waals surface area contributed by atoms with Crippen LogP contribution in [0.5, 0.6) is 0 Å². The SMILES string of the molecule is CC1(O)CC2(CCN(c3cc(S(=O)(=O)NC4(C#N)CC4)cn4c(-c5nnc(C(F)F)s5)ncc34)CC2)C1. The van der Waals surface area contributed by atoms with Crippen LogP contribution in [0.15, 0.2) is 23.4 Å². The Bertz CT molecular complexity index is 1520. The van der Waals surface area contributed by atoms with Gasteiger partial charge in [0.1, 0.15) is 10.4 Å². The second kappa shape index (κ2) is 8.13. The maximum absolute atomic E-state index is 13.4. The van der Waals surface area contributed by atoms with Crippen LogP contribution < -0.4 is 9.62 Å². The quantitative estimate of drug-likeness (QED) is 0.478. The van der Waals surface area contributed by atoms with Gasteiger partial charge in [-0.1, -0.05) is 11.3 Å². The van der Waals surface area contributed by atoms with Gasteiger partial charge in [-0.25, -0.2) is 22.2 Å². The van der Waals surface area contributed by atoms with Crippen LogP contribution in [-0.4, -0.2) is 57.3 Å². The fraction of sp³-hybridized carbons (Fsp3) is 0.565. The summed E-state index contributed by atoms with van der Waals surface area (Å²) in [5, 5.41) is 26.8. The van der Waals surface area contributed by atoms with E-state index < -0.39 is 32.6 Å². The van der Waals surface area contributed by atoms with Gasteiger partial charge in [0.2, 0.25) is 10.0 Å². The molecule has 10 nitrogen and oxygen atoms in total. The number of hydrogen-bond donors (Lipinski definition) is 2. The van der Waals surface area contributed by atoms with Crippen molar-refractivity contribution in [2.24, 2.45) is 5.41 Å². The molecule has 2 N–H and O–H groups in total. The van der Waals surface area contributed by atoms with Gasteiger partial charge >= 0.3 is 0 Å². The molecule has 14 heteroatoms. The first-order valence-corrected chi connectivity index (χ1v) is 14.3. The Hall–Kier alpha value is -2.73. The third-order valence-electron chi connectivity index (χ3n) is 7.69. The lowest BCUT2D eigenvalue weighted by molar-refractivity contribution is -0.124. The zero-order chi connectivity index (χ0) is 26.2. The number of aliphatic hydroxyl groups is 1. The molecule has 0 unspecified atom stereocenters. The molecule has 1 aliphatic heterocycles. The number of nitriles is 1. The van der Waals surface area contributed by atoms with Gasteiger partial charge < -0.3 is 10.0 Å². The van der Waals surface area contributed by atoms with Gasteiger partial charge in [0.05, 0.1) is 29.1 Å². The minimum absolute atomic E-state index is 0.0544. The summed E-state index contributed by atoms with van der Waals surface area (Å²) in [5.41, 5.74) is -0.386. The monoisotopic (exact) mass is 549 g/mol. The molecule has 37 heavy (non-hydrogen) atoms. The fourth-order valence-electron chi connectivity index (χ4n) is 5.84. The summed E-state index contributed by atoms with van der Waals surface area (Å²) >= 11 is 0.701. The Balaban J connectivity index is 1.41. The summed E-state index contributed by atoms with van der Waals surface area (Å²) < 4.78 is 57.1. The fourth-order valence-corrected chi connectivity index (χ4v) is 7.93. The number of imidazole rings is 1. The van der Waals surface area contributed by atoms with Crippen molar-refractivity contribution < 1.29 is 22.3 Å². The molecule has 0 aromatic carbocycles. The predicted octanol–water partition coefficient (Wildman–Crippen LogP) is 3.26. The summed E-state index contributed by atoms with van der Waals surface area (Å²) in [6.07, 6.45) is 4.27. The van der Waals surface area contributed by atoms with E-state index in [1.54, 1.807) is 16.7 Å². The highest BCUT2D eigenvalue weighted by Gasteiger charge is 2.52. The van der Waals surface area contributed by atoms with Crippen LogP contribution in [0.2, 0.25) is 0 Å². The van der Waals surface area contributed by atoms with Crippen molar-refractivity contribution in [3.63, 3.8) is 0 Å². The number of aromatic nitrogens is 4. The highest BCUT2D eigenvalue weighted by molar-refractivity contribution is 7.89. The number of sulfonamides is 1. The van der Waals surface area contributed by atoms with Crippen LogP contribution in [0.1, 0.15) is 56.9 Å². The normalized spacial score (nSPS) is 21.8. The Morgan fingerprint density at radius 3 is 2.49 bits per heavy atom. The third kappa shape index (κ3) is 4.27. The molecular weight excluding hydrogens is 524 g/mol. The molecular formula is C23H25F2N7O3S2. The lowest BCUT2D eigenvalue weighted by atomic mass is 9.56. The van der Waals surface area contributed by atoms with E-state index in [0.29, 0.717) is 48.5 Å². The van der Waals surface area contributed by atoms with Crippen LogP contribution in [0.25, 0.3) is 16.3 Å². The zero-order valence-electron chi connectivity index (χ0n) is 20.0. The largest absolute Gasteiger partial charge is 0.390 e. The number of rotatable bonds is 6. The summed E-state index contributed by atoms with van der Waals surface area (Å²) in [7, 11) is -4.07. The van der Waals surface area contributed by atoms with Gasteiger partial charge in [-0.3, -0.25) is 4.40 Å². The van der Waals surface area contributed by atoms with Gasteiger partial charge in [0, 0.05) is 19.3 Å². The summed E-state index contributed by atoms with van der Waals surface area (Å²) in [6.45, 7) is 3.18. The van der Waals surface area contributed by atoms with Gasteiger partial charge in [-0.15, -0.1) is 10.2 Å². The summed E-state index contributed by atoms with van der Waals surface area (Å²) in [5.74, 6) is 0.211. The van der Waals surface area contributed by atoms with Crippen molar-refractivity contribution in [3.05, 3.63) is 23.5 Å². The molecule has 196 valence electrons. The summed E-state index contributed by atoms with van der Waals surface area (Å²) in [6, 6.07) is 3.62. The highest BCUT2D eigenvalue weighted by Crippen LogP contribution is 2.55. The first-order chi connectivity index (χ1) is 17.4. The molecule has 1 spiro atoms. The summed E-state index contributed by atoms with van der Waals surface area (Å²) in [4.78, 5) is 6.44. The topological polar surface area (TPSA) is 137 Å². The Labute approximate surface area is 216 Å². The second-order valence-electron chi connectivity index (χ2n) is 10.8. The number of nitrogens with zero attached hydrogens (tertiary/aromatic N) is 6. The molecule has 1 saturated heterocycles. The molecule has 2 saturated carbocycles. The first-order valence-electron chi connectivity index (χ1n) is 12.0. The number of halogens is 2. The number of nitrogens with one attached hydrogen (secondary N) is 1. The maximum atomic E-state index is 13.4. The van der Waals surface area contributed by atoms with Crippen molar-refractivity contribution in [2.45, 2.75) is 67.9 Å². The molecule has 3 aliphatic rings. The van der Waals surface area contributed by atoms with Crippen molar-refractivity contribution in [1.29, 1.82) is 5.26 Å². The van der Waals surface area contributed by atoms with Crippen molar-refractivity contribution in [1.82, 2.24) is 24.3 Å². The van der Waals surface area contributed by atoms with Crippen LogP contribution in [0.4, 0.5) is 14.5 Å². The number of piperidine rings is 1. The minimum Gasteiger partial charge on any atom is -0.390 e. The maximum Gasteiger partial charge on any atom is 0.291 e. The van der Waals surface area contributed by atoms with Crippen molar-refractivity contribution >= 4 is 32.6 Å². The molecule has 0 bridgehead atoms. The molecule has 3 fully saturated rings. The third-order valence-corrected chi connectivity index (χ3v) is 10.1. The highest BCUT2D eigenvalue weighted by atomic mass is 32.2. The number of hydrogen-bond acceptors (Lipinski definition) is 9. The van der Waals surface area contributed by atoms with E-state index in [2.05, 4.69) is 24.8 Å². The Morgan fingerprint density at radius 1 is 1.22 bits per heavy atom. The smallest absolute Gasteiger partial charge is 0.291 e. The molecule has 3 aromatic heterocycles. The Morgan fingerprint density at radius 2 is 1.92 bits per heavy atom. The van der Waals surface area contributed by atoms with Gasteiger partial charge in [0.15, 0.2) is 15.8 Å². The van der Waals surface area contributed by atoms with Gasteiger partial charge in [0.25, 0.3) is 6.43 Å². The molecule has 0 atom stereocenters. The van der Waals surface area contributed by atoms with Gasteiger partial charge in [-0.2, -0.15) is 9.98 Å². The average molecular weight is 550 g/mol. The number of anilines is 1. The zero-order valence-corrected chi connectivity index (χ0v) is 21.6.